The summed E-state index contributed by atoms with van der Waals surface area (Å²) in [5.41, 5.74) is 6.75. The zero-order valence-corrected chi connectivity index (χ0v) is 9.94. The highest BCUT2D eigenvalue weighted by atomic mass is 16.5. The maximum Gasteiger partial charge on any atom is 0.341 e. The number of anilines is 1. The Balaban J connectivity index is 2.23. The Morgan fingerprint density at radius 1 is 1.47 bits per heavy atom. The SMILES string of the molecule is CCOC(=O)c1cccc(N)c1OC1CCC1. The van der Waals surface area contributed by atoms with Crippen LogP contribution in [0.15, 0.2) is 18.2 Å². The first kappa shape index (κ1) is 11.8. The number of carbonyl (C=O) groups excluding carboxylic acids is 1. The summed E-state index contributed by atoms with van der Waals surface area (Å²) < 4.78 is 10.7. The van der Waals surface area contributed by atoms with Gasteiger partial charge in [0.15, 0.2) is 5.75 Å². The zero-order valence-electron chi connectivity index (χ0n) is 9.94. The Kier molecular flexibility index (Phi) is 3.52. The van der Waals surface area contributed by atoms with E-state index in [2.05, 4.69) is 0 Å². The van der Waals surface area contributed by atoms with E-state index >= 15 is 0 Å². The van der Waals surface area contributed by atoms with E-state index in [4.69, 9.17) is 15.2 Å². The zero-order chi connectivity index (χ0) is 12.3. The standard InChI is InChI=1S/C13H17NO3/c1-2-16-13(15)10-7-4-8-11(14)12(10)17-9-5-3-6-9/h4,7-9H,2-3,5-6,14H2,1H3. The van der Waals surface area contributed by atoms with E-state index in [1.165, 1.54) is 6.42 Å². The Hall–Kier alpha value is -1.71. The molecule has 92 valence electrons. The fourth-order valence-electron chi connectivity index (χ4n) is 1.71. The molecule has 0 spiro atoms. The van der Waals surface area contributed by atoms with E-state index in [9.17, 15) is 4.79 Å². The topological polar surface area (TPSA) is 61.5 Å². The molecule has 1 aliphatic rings. The van der Waals surface area contributed by atoms with E-state index in [0.29, 0.717) is 23.6 Å². The second-order valence-corrected chi connectivity index (χ2v) is 4.12. The highest BCUT2D eigenvalue weighted by Crippen LogP contribution is 2.32. The number of nitrogens with two attached hydrogens (primary N) is 1. The van der Waals surface area contributed by atoms with Crippen LogP contribution in [0.3, 0.4) is 0 Å². The van der Waals surface area contributed by atoms with Gasteiger partial charge in [-0.3, -0.25) is 0 Å². The summed E-state index contributed by atoms with van der Waals surface area (Å²) in [6.45, 7) is 2.12. The maximum absolute atomic E-state index is 11.7. The number of hydrogen-bond donors (Lipinski definition) is 1. The first-order valence-electron chi connectivity index (χ1n) is 5.94. The lowest BCUT2D eigenvalue weighted by Crippen LogP contribution is -2.26. The lowest BCUT2D eigenvalue weighted by Gasteiger charge is -2.27. The third-order valence-electron chi connectivity index (χ3n) is 2.88. The molecule has 1 aromatic rings. The number of ether oxygens (including phenoxy) is 2. The molecule has 4 heteroatoms. The van der Waals surface area contributed by atoms with Crippen LogP contribution >= 0.6 is 0 Å². The molecule has 1 saturated carbocycles. The molecular formula is C13H17NO3. The van der Waals surface area contributed by atoms with Crippen molar-refractivity contribution in [1.82, 2.24) is 0 Å². The molecule has 0 aromatic heterocycles. The van der Waals surface area contributed by atoms with Crippen molar-refractivity contribution in [3.8, 4) is 5.75 Å². The molecule has 0 heterocycles. The molecule has 1 fully saturated rings. The molecule has 0 amide bonds. The second-order valence-electron chi connectivity index (χ2n) is 4.12. The van der Waals surface area contributed by atoms with Crippen LogP contribution in [0, 0.1) is 0 Å². The van der Waals surface area contributed by atoms with Gasteiger partial charge in [-0.15, -0.1) is 0 Å². The third kappa shape index (κ3) is 2.52. The first-order chi connectivity index (χ1) is 8.22. The molecule has 1 aromatic carbocycles. The van der Waals surface area contributed by atoms with E-state index in [1.807, 2.05) is 0 Å². The summed E-state index contributed by atoms with van der Waals surface area (Å²) in [7, 11) is 0. The number of hydrogen-bond acceptors (Lipinski definition) is 4. The van der Waals surface area contributed by atoms with Crippen LogP contribution in [0.5, 0.6) is 5.75 Å². The molecule has 0 aliphatic heterocycles. The summed E-state index contributed by atoms with van der Waals surface area (Å²) in [6, 6.07) is 5.15. The van der Waals surface area contributed by atoms with Gasteiger partial charge in [-0.25, -0.2) is 4.79 Å². The summed E-state index contributed by atoms with van der Waals surface area (Å²) in [5, 5.41) is 0. The fraction of sp³-hybridized carbons (Fsp3) is 0.462. The second kappa shape index (κ2) is 5.08. The molecule has 0 atom stereocenters. The molecule has 2 N–H and O–H groups in total. The van der Waals surface area contributed by atoms with Crippen molar-refractivity contribution in [3.63, 3.8) is 0 Å². The highest BCUT2D eigenvalue weighted by Gasteiger charge is 2.23. The smallest absolute Gasteiger partial charge is 0.341 e. The van der Waals surface area contributed by atoms with Gasteiger partial charge in [-0.2, -0.15) is 0 Å². The van der Waals surface area contributed by atoms with Crippen LogP contribution in [0.2, 0.25) is 0 Å². The average Bonchev–Trinajstić information content (AvgIpc) is 2.25. The van der Waals surface area contributed by atoms with Crippen molar-refractivity contribution in [3.05, 3.63) is 23.8 Å². The molecule has 0 unspecified atom stereocenters. The van der Waals surface area contributed by atoms with Gasteiger partial charge in [-0.1, -0.05) is 6.07 Å². The monoisotopic (exact) mass is 235 g/mol. The summed E-state index contributed by atoms with van der Waals surface area (Å²) in [4.78, 5) is 11.7. The number of nitrogen functional groups attached to an aromatic ring is 1. The van der Waals surface area contributed by atoms with Crippen molar-refractivity contribution in [2.75, 3.05) is 12.3 Å². The minimum Gasteiger partial charge on any atom is -0.487 e. The fourth-order valence-corrected chi connectivity index (χ4v) is 1.71. The van der Waals surface area contributed by atoms with Crippen LogP contribution in [0.1, 0.15) is 36.5 Å². The van der Waals surface area contributed by atoms with Gasteiger partial charge >= 0.3 is 5.97 Å². The first-order valence-corrected chi connectivity index (χ1v) is 5.94. The molecule has 1 aliphatic carbocycles. The summed E-state index contributed by atoms with van der Waals surface area (Å²) in [5.74, 6) is 0.0878. The third-order valence-corrected chi connectivity index (χ3v) is 2.88. The van der Waals surface area contributed by atoms with Crippen molar-refractivity contribution < 1.29 is 14.3 Å². The minimum absolute atomic E-state index is 0.188. The lowest BCUT2D eigenvalue weighted by molar-refractivity contribution is 0.0512. The Morgan fingerprint density at radius 2 is 2.24 bits per heavy atom. The molecule has 2 rings (SSSR count). The summed E-state index contributed by atoms with van der Waals surface area (Å²) in [6.07, 6.45) is 3.41. The largest absolute Gasteiger partial charge is 0.487 e. The van der Waals surface area contributed by atoms with Crippen molar-refractivity contribution in [2.45, 2.75) is 32.3 Å². The number of esters is 1. The van der Waals surface area contributed by atoms with E-state index in [1.54, 1.807) is 25.1 Å². The van der Waals surface area contributed by atoms with Crippen molar-refractivity contribution in [2.24, 2.45) is 0 Å². The molecular weight excluding hydrogens is 218 g/mol. The predicted molar refractivity (Wildman–Crippen MR) is 65.1 cm³/mol. The number of benzene rings is 1. The van der Waals surface area contributed by atoms with E-state index in [-0.39, 0.29) is 12.1 Å². The lowest BCUT2D eigenvalue weighted by atomic mass is 9.96. The normalized spacial score (nSPS) is 15.1. The predicted octanol–water partition coefficient (Wildman–Crippen LogP) is 2.38. The molecule has 4 nitrogen and oxygen atoms in total. The van der Waals surface area contributed by atoms with Crippen molar-refractivity contribution >= 4 is 11.7 Å². The van der Waals surface area contributed by atoms with Gasteiger partial charge in [0, 0.05) is 0 Å². The van der Waals surface area contributed by atoms with Crippen LogP contribution < -0.4 is 10.5 Å². The number of rotatable bonds is 4. The Morgan fingerprint density at radius 3 is 2.82 bits per heavy atom. The summed E-state index contributed by atoms with van der Waals surface area (Å²) >= 11 is 0. The van der Waals surface area contributed by atoms with Gasteiger partial charge in [0.25, 0.3) is 0 Å². The quantitative estimate of drug-likeness (QED) is 0.643. The van der Waals surface area contributed by atoms with Crippen LogP contribution in [0.25, 0.3) is 0 Å². The van der Waals surface area contributed by atoms with Crippen LogP contribution in [0.4, 0.5) is 5.69 Å². The Labute approximate surface area is 101 Å². The molecule has 0 radical (unpaired) electrons. The molecule has 0 saturated heterocycles. The molecule has 0 bridgehead atoms. The van der Waals surface area contributed by atoms with Gasteiger partial charge < -0.3 is 15.2 Å². The van der Waals surface area contributed by atoms with Crippen molar-refractivity contribution in [1.29, 1.82) is 0 Å². The average molecular weight is 235 g/mol. The van der Waals surface area contributed by atoms with E-state index in [0.717, 1.165) is 12.8 Å². The van der Waals surface area contributed by atoms with E-state index < -0.39 is 0 Å². The van der Waals surface area contributed by atoms with Gasteiger partial charge in [0.2, 0.25) is 0 Å². The highest BCUT2D eigenvalue weighted by molar-refractivity contribution is 5.94. The Bertz CT molecular complexity index is 413. The van der Waals surface area contributed by atoms with Gasteiger partial charge in [0.05, 0.1) is 18.4 Å². The van der Waals surface area contributed by atoms with Crippen LogP contribution in [-0.4, -0.2) is 18.7 Å². The number of para-hydroxylation sites is 1. The minimum atomic E-state index is -0.380. The molecule has 17 heavy (non-hydrogen) atoms. The van der Waals surface area contributed by atoms with Gasteiger partial charge in [0.1, 0.15) is 5.56 Å². The number of carbonyl (C=O) groups is 1. The maximum atomic E-state index is 11.7. The van der Waals surface area contributed by atoms with Crippen LogP contribution in [-0.2, 0) is 4.74 Å². The van der Waals surface area contributed by atoms with Gasteiger partial charge in [-0.05, 0) is 38.3 Å².